The number of aliphatic carboxylic acids is 1. The van der Waals surface area contributed by atoms with Crippen molar-refractivity contribution in [1.82, 2.24) is 4.57 Å². The summed E-state index contributed by atoms with van der Waals surface area (Å²) in [7, 11) is 0. The van der Waals surface area contributed by atoms with E-state index in [-0.39, 0.29) is 5.54 Å². The third-order valence-corrected chi connectivity index (χ3v) is 4.65. The maximum atomic E-state index is 8.89. The molecule has 1 heterocycles. The van der Waals surface area contributed by atoms with E-state index in [1.54, 1.807) is 0 Å². The van der Waals surface area contributed by atoms with Gasteiger partial charge in [0, 0.05) is 11.4 Å². The van der Waals surface area contributed by atoms with E-state index in [0.717, 1.165) is 13.5 Å². The number of unbranched alkanes of at least 4 members (excludes halogenated alkanes) is 1. The van der Waals surface area contributed by atoms with E-state index >= 15 is 0 Å². The average Bonchev–Trinajstić information content (AvgIpc) is 2.84. The van der Waals surface area contributed by atoms with Gasteiger partial charge in [-0.15, -0.1) is 0 Å². The highest BCUT2D eigenvalue weighted by atomic mass is 16.4. The molecule has 4 nitrogen and oxygen atoms in total. The Balaban J connectivity index is 0.000000885. The van der Waals surface area contributed by atoms with Gasteiger partial charge in [-0.2, -0.15) is 0 Å². The van der Waals surface area contributed by atoms with Crippen molar-refractivity contribution < 1.29 is 14.5 Å². The van der Waals surface area contributed by atoms with Gasteiger partial charge in [0.25, 0.3) is 0 Å². The molecule has 0 saturated heterocycles. The van der Waals surface area contributed by atoms with Crippen LogP contribution in [0.2, 0.25) is 0 Å². The smallest absolute Gasteiger partial charge is 0.244 e. The predicted octanol–water partition coefficient (Wildman–Crippen LogP) is 2.50. The standard InChI is InChI=1S/C15H29N2.C2H4O2/c1-7-9-10-16-11-12-17(13-16)15(5,6)14(3,4)8-2;1-2(3)4/h11-13H,7-10H2,1-6H3;1H3,(H,3,4)/q+1;/p-1. The monoisotopic (exact) mass is 296 g/mol. The molecule has 1 aromatic rings. The van der Waals surface area contributed by atoms with Crippen LogP contribution in [0.5, 0.6) is 0 Å². The molecule has 0 unspecified atom stereocenters. The quantitative estimate of drug-likeness (QED) is 0.757. The van der Waals surface area contributed by atoms with Crippen molar-refractivity contribution in [2.45, 2.75) is 79.8 Å². The van der Waals surface area contributed by atoms with Crippen LogP contribution in [0.25, 0.3) is 0 Å². The molecule has 0 N–H and O–H groups in total. The van der Waals surface area contributed by atoms with Gasteiger partial charge < -0.3 is 9.90 Å². The first kappa shape index (κ1) is 19.7. The number of aromatic nitrogens is 2. The van der Waals surface area contributed by atoms with Crippen LogP contribution in [0, 0.1) is 5.41 Å². The minimum atomic E-state index is -1.08. The summed E-state index contributed by atoms with van der Waals surface area (Å²) in [6.45, 7) is 16.0. The van der Waals surface area contributed by atoms with Crippen molar-refractivity contribution in [1.29, 1.82) is 0 Å². The lowest BCUT2D eigenvalue weighted by Crippen LogP contribution is -2.42. The normalized spacial score (nSPS) is 11.8. The number of hydrogen-bond donors (Lipinski definition) is 0. The molecule has 21 heavy (non-hydrogen) atoms. The van der Waals surface area contributed by atoms with E-state index in [9.17, 15) is 0 Å². The van der Waals surface area contributed by atoms with Gasteiger partial charge in [-0.25, -0.2) is 9.13 Å². The van der Waals surface area contributed by atoms with Crippen LogP contribution in [0.1, 0.15) is 67.7 Å². The molecule has 4 heteroatoms. The largest absolute Gasteiger partial charge is 0.550 e. The molecule has 0 bridgehead atoms. The van der Waals surface area contributed by atoms with Gasteiger partial charge >= 0.3 is 0 Å². The Bertz CT molecular complexity index is 430. The third-order valence-electron chi connectivity index (χ3n) is 4.65. The zero-order chi connectivity index (χ0) is 16.7. The Morgan fingerprint density at radius 2 is 1.76 bits per heavy atom. The van der Waals surface area contributed by atoms with Crippen molar-refractivity contribution in [2.75, 3.05) is 0 Å². The van der Waals surface area contributed by atoms with Crippen molar-refractivity contribution in [3.05, 3.63) is 18.7 Å². The lowest BCUT2D eigenvalue weighted by atomic mass is 9.72. The van der Waals surface area contributed by atoms with Crippen molar-refractivity contribution in [3.8, 4) is 0 Å². The van der Waals surface area contributed by atoms with E-state index in [4.69, 9.17) is 9.90 Å². The first-order valence-corrected chi connectivity index (χ1v) is 7.83. The fourth-order valence-corrected chi connectivity index (χ4v) is 1.98. The van der Waals surface area contributed by atoms with Gasteiger partial charge in [0.15, 0.2) is 0 Å². The molecule has 0 atom stereocenters. The number of rotatable bonds is 6. The molecule has 1 aromatic heterocycles. The maximum Gasteiger partial charge on any atom is 0.244 e. The fraction of sp³-hybridized carbons (Fsp3) is 0.765. The Kier molecular flexibility index (Phi) is 7.69. The number of carbonyl (C=O) groups excluding carboxylic acids is 1. The van der Waals surface area contributed by atoms with Crippen molar-refractivity contribution >= 4 is 5.97 Å². The molecule has 0 saturated carbocycles. The minimum Gasteiger partial charge on any atom is -0.550 e. The number of nitrogens with zero attached hydrogens (tertiary/aromatic N) is 2. The van der Waals surface area contributed by atoms with Crippen LogP contribution in [0.3, 0.4) is 0 Å². The summed E-state index contributed by atoms with van der Waals surface area (Å²) in [6.07, 6.45) is 10.4. The number of aryl methyl sites for hydroxylation is 1. The highest BCUT2D eigenvalue weighted by Crippen LogP contribution is 2.39. The van der Waals surface area contributed by atoms with E-state index in [1.165, 1.54) is 19.3 Å². The van der Waals surface area contributed by atoms with Gasteiger partial charge in [0.05, 0.1) is 6.54 Å². The zero-order valence-corrected chi connectivity index (χ0v) is 14.8. The first-order valence-electron chi connectivity index (χ1n) is 7.83. The third kappa shape index (κ3) is 5.90. The maximum absolute atomic E-state index is 8.89. The molecule has 0 aromatic carbocycles. The van der Waals surface area contributed by atoms with Crippen molar-refractivity contribution in [2.24, 2.45) is 5.41 Å². The van der Waals surface area contributed by atoms with Gasteiger partial charge in [-0.3, -0.25) is 0 Å². The summed E-state index contributed by atoms with van der Waals surface area (Å²) in [5.74, 6) is -1.08. The van der Waals surface area contributed by atoms with Crippen LogP contribution in [-0.4, -0.2) is 10.5 Å². The molecule has 0 amide bonds. The topological polar surface area (TPSA) is 48.9 Å². The Morgan fingerprint density at radius 3 is 2.19 bits per heavy atom. The van der Waals surface area contributed by atoms with Crippen molar-refractivity contribution in [3.63, 3.8) is 0 Å². The second-order valence-corrected chi connectivity index (χ2v) is 6.70. The molecule has 0 fully saturated rings. The van der Waals surface area contributed by atoms with Crippen LogP contribution < -0.4 is 9.67 Å². The zero-order valence-electron chi connectivity index (χ0n) is 14.8. The molecular formula is C17H32N2O2. The second kappa shape index (κ2) is 8.20. The van der Waals surface area contributed by atoms with E-state index in [0.29, 0.717) is 5.41 Å². The number of carboxylic acids is 1. The molecular weight excluding hydrogens is 264 g/mol. The Morgan fingerprint density at radius 1 is 1.24 bits per heavy atom. The van der Waals surface area contributed by atoms with Crippen LogP contribution in [0.15, 0.2) is 18.7 Å². The van der Waals surface area contributed by atoms with E-state index < -0.39 is 5.97 Å². The fourth-order valence-electron chi connectivity index (χ4n) is 1.98. The number of carboxylic acid groups (broad SMARTS) is 1. The minimum absolute atomic E-state index is 0.152. The highest BCUT2D eigenvalue weighted by molar-refractivity contribution is 5.60. The van der Waals surface area contributed by atoms with Crippen LogP contribution in [0.4, 0.5) is 0 Å². The summed E-state index contributed by atoms with van der Waals surface area (Å²) in [6, 6.07) is 0. The number of hydrogen-bond acceptors (Lipinski definition) is 2. The summed E-state index contributed by atoms with van der Waals surface area (Å²) in [5.41, 5.74) is 0.452. The van der Waals surface area contributed by atoms with Gasteiger partial charge in [0.2, 0.25) is 6.33 Å². The number of carbonyl (C=O) groups is 1. The molecule has 0 spiro atoms. The molecule has 0 radical (unpaired) electrons. The average molecular weight is 296 g/mol. The summed E-state index contributed by atoms with van der Waals surface area (Å²) < 4.78 is 4.67. The van der Waals surface area contributed by atoms with E-state index in [2.05, 4.69) is 69.4 Å². The lowest BCUT2D eigenvalue weighted by Gasteiger charge is -2.38. The van der Waals surface area contributed by atoms with E-state index in [1.807, 2.05) is 0 Å². The first-order chi connectivity index (χ1) is 9.58. The highest BCUT2D eigenvalue weighted by Gasteiger charge is 2.41. The lowest BCUT2D eigenvalue weighted by molar-refractivity contribution is -0.697. The molecule has 122 valence electrons. The summed E-state index contributed by atoms with van der Waals surface area (Å²) in [5, 5.41) is 8.89. The molecule has 0 aliphatic heterocycles. The van der Waals surface area contributed by atoms with Gasteiger partial charge in [0.1, 0.15) is 17.9 Å². The van der Waals surface area contributed by atoms with Gasteiger partial charge in [-0.05, 0) is 33.6 Å². The predicted molar refractivity (Wildman–Crippen MR) is 83.6 cm³/mol. The second-order valence-electron chi connectivity index (χ2n) is 6.70. The molecule has 0 aliphatic carbocycles. The summed E-state index contributed by atoms with van der Waals surface area (Å²) >= 11 is 0. The number of imidazole rings is 1. The Labute approximate surface area is 129 Å². The summed E-state index contributed by atoms with van der Waals surface area (Å²) in [4.78, 5) is 8.89. The molecule has 1 rings (SSSR count). The van der Waals surface area contributed by atoms with Gasteiger partial charge in [-0.1, -0.05) is 34.1 Å². The van der Waals surface area contributed by atoms with Crippen LogP contribution in [-0.2, 0) is 16.9 Å². The SMILES string of the molecule is CC(=O)[O-].CCCC[n+]1ccn(C(C)(C)C(C)(C)CC)c1. The molecule has 0 aliphatic rings. The van der Waals surface area contributed by atoms with Crippen LogP contribution >= 0.6 is 0 Å². The Hall–Kier alpha value is -1.32.